The molecule has 124 heavy (non-hydrogen) atoms. The van der Waals surface area contributed by atoms with Crippen LogP contribution in [0.25, 0.3) is 33.4 Å². The van der Waals surface area contributed by atoms with Crippen molar-refractivity contribution in [1.82, 2.24) is 0 Å². The Kier molecular flexibility index (Phi) is 65.8. The molecule has 9 heteroatoms. The fourth-order valence-corrected chi connectivity index (χ4v) is 31.8. The van der Waals surface area contributed by atoms with E-state index in [9.17, 15) is 0 Å². The van der Waals surface area contributed by atoms with Gasteiger partial charge in [0.1, 0.15) is 15.9 Å². The summed E-state index contributed by atoms with van der Waals surface area (Å²) in [5.74, 6) is 7.46. The van der Waals surface area contributed by atoms with E-state index >= 15 is 0 Å². The van der Waals surface area contributed by atoms with Crippen LogP contribution in [-0.4, -0.2) is 52.3 Å². The normalized spacial score (nSPS) is 11.5. The summed E-state index contributed by atoms with van der Waals surface area (Å²) >= 11 is 0. The van der Waals surface area contributed by atoms with Crippen LogP contribution in [0.1, 0.15) is 435 Å². The van der Waals surface area contributed by atoms with Gasteiger partial charge in [-0.05, 0) is 312 Å². The average Bonchev–Trinajstić information content (AvgIpc) is 0.746. The van der Waals surface area contributed by atoms with Gasteiger partial charge in [0.25, 0.3) is 0 Å². The Balaban J connectivity index is -0.000000240. The van der Waals surface area contributed by atoms with E-state index in [1.165, 1.54) is 154 Å². The third-order valence-electron chi connectivity index (χ3n) is 22.1. The Labute approximate surface area is 821 Å². The van der Waals surface area contributed by atoms with E-state index in [1.807, 2.05) is 21.3 Å². The van der Waals surface area contributed by atoms with E-state index in [-0.39, 0.29) is 137 Å². The van der Waals surface area contributed by atoms with E-state index in [0.29, 0.717) is 53.3 Å². The van der Waals surface area contributed by atoms with Crippen LogP contribution >= 0.6 is 23.8 Å². The molecule has 0 unspecified atom stereocenters. The van der Waals surface area contributed by atoms with Crippen LogP contribution in [-0.2, 0) is 67.7 Å². The maximum atomic E-state index is 6.12. The molecule has 0 aromatic heterocycles. The number of methoxy groups -OCH3 is 3. The summed E-state index contributed by atoms with van der Waals surface area (Å²) in [7, 11) is 2.45. The molecule has 0 heterocycles. The van der Waals surface area contributed by atoms with E-state index in [0.717, 1.165) is 17.2 Å². The predicted molar refractivity (Wildman–Crippen MR) is 574 cm³/mol. The fourth-order valence-electron chi connectivity index (χ4n) is 17.6. The summed E-state index contributed by atoms with van der Waals surface area (Å²) in [6, 6.07) is 38.9. The number of hydrogen-bond acceptors (Lipinski definition) is 3. The van der Waals surface area contributed by atoms with Gasteiger partial charge in [-0.3, -0.25) is 0 Å². The zero-order valence-corrected chi connectivity index (χ0v) is 98.4. The largest absolute Gasteiger partial charge is 2.00 e. The molecular weight excluding hydrogens is 1840 g/mol. The van der Waals surface area contributed by atoms with Gasteiger partial charge < -0.3 is 58.8 Å². The van der Waals surface area contributed by atoms with E-state index in [1.54, 1.807) is 0 Å². The van der Waals surface area contributed by atoms with Gasteiger partial charge in [0.2, 0.25) is 0 Å². The van der Waals surface area contributed by atoms with Gasteiger partial charge in [0.05, 0.1) is 52.3 Å². The van der Waals surface area contributed by atoms with Gasteiger partial charge in [0, 0.05) is 40.5 Å². The standard InChI is InChI=1S/3C31H49OP.C9H12.C4H10.C3H8.6CH3.3Pd/c3*1-19(2)23-17-24(20(3)4)28(25(18-23)21(5)6)27-22(7)15-16-26(32-14)29(27)33(30(8,9)10)31(11,12)13;1-2-6-9-7-4-3-5-8-9;1-3-4-2;1-3-2;;;;;;;;;/h3*15-21H,1-14H3;3-5,7-8H,2,6H2,1H3;3-4H2,1-2H3;3H2,1-2H3;6*1H3;;;/q;;;;;;6*-1;3*+2/p+3. The average molecular weight is 2040 g/mol. The Morgan fingerprint density at radius 2 is 0.435 bits per heavy atom. The second-order valence-corrected chi connectivity index (χ2v) is 54.9. The number of rotatable bonds is 21. The summed E-state index contributed by atoms with van der Waals surface area (Å²) in [6.07, 6.45) is 6.34. The molecule has 0 atom stereocenters. The molecule has 3 nitrogen and oxygen atoms in total. The fraction of sp³-hybridized carbons (Fsp3) is 0.583. The second-order valence-electron chi connectivity index (χ2n) is 42.2. The smallest absolute Gasteiger partial charge is 0.493 e. The number of unbranched alkanes of at least 4 members (excludes halogenated alkanes) is 1. The van der Waals surface area contributed by atoms with Gasteiger partial charge in [-0.15, -0.1) is 0 Å². The van der Waals surface area contributed by atoms with Crippen LogP contribution in [0.3, 0.4) is 0 Å². The van der Waals surface area contributed by atoms with E-state index < -0.39 is 23.8 Å². The molecule has 0 aliphatic heterocycles. The zero-order chi connectivity index (χ0) is 89.0. The summed E-state index contributed by atoms with van der Waals surface area (Å²) < 4.78 is 18.4. The molecule has 0 aliphatic rings. The first kappa shape index (κ1) is 137. The van der Waals surface area contributed by atoms with Crippen LogP contribution in [0.15, 0.2) is 103 Å². The van der Waals surface area contributed by atoms with Crippen molar-refractivity contribution in [1.29, 1.82) is 0 Å². The first-order valence-electron chi connectivity index (χ1n) is 45.1. The quantitative estimate of drug-likeness (QED) is 0.0408. The zero-order valence-electron chi connectivity index (χ0n) is 90.7. The van der Waals surface area contributed by atoms with Crippen molar-refractivity contribution in [2.75, 3.05) is 21.3 Å². The van der Waals surface area contributed by atoms with Crippen LogP contribution in [0.2, 0.25) is 0 Å². The Hall–Kier alpha value is -2.78. The minimum absolute atomic E-state index is 0. The van der Waals surface area contributed by atoms with Crippen molar-refractivity contribution >= 4 is 39.7 Å². The van der Waals surface area contributed by atoms with Gasteiger partial charge in [-0.25, -0.2) is 0 Å². The molecule has 0 bridgehead atoms. The number of benzene rings is 7. The van der Waals surface area contributed by atoms with Crippen molar-refractivity contribution in [3.63, 3.8) is 0 Å². The van der Waals surface area contributed by atoms with Gasteiger partial charge in [0.15, 0.2) is 17.2 Å². The summed E-state index contributed by atoms with van der Waals surface area (Å²) in [5.41, 5.74) is 27.5. The van der Waals surface area contributed by atoms with E-state index in [4.69, 9.17) is 14.2 Å². The van der Waals surface area contributed by atoms with Crippen LogP contribution in [0, 0.1) is 65.3 Å². The molecule has 0 aliphatic carbocycles. The second kappa shape index (κ2) is 59.7. The number of ether oxygens (including phenoxy) is 3. The third-order valence-corrected chi connectivity index (χ3v) is 34.1. The van der Waals surface area contributed by atoms with Crippen molar-refractivity contribution in [2.45, 2.75) is 421 Å². The molecule has 0 saturated heterocycles. The van der Waals surface area contributed by atoms with E-state index in [2.05, 4.69) is 408 Å². The SMILES string of the molecule is CCC.CCCC.CCCc1ccccc1.COc1ccc(C)c(-c2c(C(C)C)cc(C(C)C)cc2C(C)C)c1[PH+](C(C)(C)C)C(C)(C)C.COc1ccc(C)c(-c2c(C(C)C)cc(C(C)C)cc2C(C)C)c1[PH+](C(C)(C)C)C(C)(C)C.COc1ccc(C)c(-c2c(C(C)C)cc(C(C)C)cc2C(C)C)c1[PH+](C(C)(C)C)C(C)(C)C.[CH3-].[CH3-].[CH3-].[CH3-].[CH3-].[CH3-].[Pd+2].[Pd+2].[Pd+2]. The molecule has 7 aromatic rings. The number of aryl methyl sites for hydroxylation is 4. The van der Waals surface area contributed by atoms with Crippen molar-refractivity contribution in [3.05, 3.63) is 220 Å². The first-order chi connectivity index (χ1) is 52.8. The molecule has 7 rings (SSSR count). The monoisotopic (exact) mass is 2040 g/mol. The molecule has 0 N–H and O–H groups in total. The molecule has 0 amide bonds. The third kappa shape index (κ3) is 37.7. The molecule has 0 fully saturated rings. The first-order valence-corrected chi connectivity index (χ1v) is 49.6. The van der Waals surface area contributed by atoms with Gasteiger partial charge >= 0.3 is 61.3 Å². The van der Waals surface area contributed by atoms with Gasteiger partial charge in [-0.1, -0.05) is 270 Å². The van der Waals surface area contributed by atoms with Crippen LogP contribution < -0.4 is 30.1 Å². The summed E-state index contributed by atoms with van der Waals surface area (Å²) in [5, 5.41) is 5.55. The van der Waals surface area contributed by atoms with Gasteiger partial charge in [-0.2, -0.15) is 0 Å². The van der Waals surface area contributed by atoms with Crippen LogP contribution in [0.5, 0.6) is 17.2 Å². The van der Waals surface area contributed by atoms with Crippen molar-refractivity contribution in [2.24, 2.45) is 0 Å². The molecular formula is C115H198O3P3Pd3+3. The summed E-state index contributed by atoms with van der Waals surface area (Å²) in [4.78, 5) is 0. The minimum Gasteiger partial charge on any atom is -0.493 e. The number of hydrogen-bond donors (Lipinski definition) is 0. The topological polar surface area (TPSA) is 27.7 Å². The minimum atomic E-state index is -1.03. The Bertz CT molecular complexity index is 3600. The molecule has 0 radical (unpaired) electrons. The van der Waals surface area contributed by atoms with Crippen LogP contribution in [0.4, 0.5) is 0 Å². The Morgan fingerprint density at radius 3 is 0.565 bits per heavy atom. The molecule has 0 saturated carbocycles. The maximum Gasteiger partial charge on any atom is 2.00 e. The molecule has 7 aromatic carbocycles. The van der Waals surface area contributed by atoms with Crippen molar-refractivity contribution < 1.29 is 75.5 Å². The predicted octanol–water partition coefficient (Wildman–Crippen LogP) is 37.0. The Morgan fingerprint density at radius 1 is 0.258 bits per heavy atom. The van der Waals surface area contributed by atoms with Crippen molar-refractivity contribution in [3.8, 4) is 50.6 Å². The molecule has 718 valence electrons. The molecule has 0 spiro atoms. The summed E-state index contributed by atoms with van der Waals surface area (Å²) in [6.45, 7) is 103. The maximum absolute atomic E-state index is 6.12.